The van der Waals surface area contributed by atoms with Gasteiger partial charge >= 0.3 is 0 Å². The molecule has 0 bridgehead atoms. The predicted molar refractivity (Wildman–Crippen MR) is 113 cm³/mol. The molecule has 0 saturated carbocycles. The van der Waals surface area contributed by atoms with E-state index < -0.39 is 0 Å². The Labute approximate surface area is 168 Å². The van der Waals surface area contributed by atoms with Crippen LogP contribution in [0.3, 0.4) is 0 Å². The molecule has 29 heavy (non-hydrogen) atoms. The Morgan fingerprint density at radius 3 is 2.52 bits per heavy atom. The Bertz CT molecular complexity index is 1130. The lowest BCUT2D eigenvalue weighted by atomic mass is 10.1. The number of hydrogen-bond acceptors (Lipinski definition) is 3. The van der Waals surface area contributed by atoms with E-state index in [-0.39, 0.29) is 43.7 Å². The maximum Gasteiger partial charge on any atom is 0.244 e. The molecule has 3 aromatic rings. The minimum absolute atomic E-state index is 0.167. The number of benzene rings is 2. The summed E-state index contributed by atoms with van der Waals surface area (Å²) < 4.78 is 2.28. The van der Waals surface area contributed by atoms with Crippen LogP contribution in [-0.4, -0.2) is 40.3 Å². The van der Waals surface area contributed by atoms with Gasteiger partial charge in [-0.2, -0.15) is 0 Å². The zero-order valence-corrected chi connectivity index (χ0v) is 16.4. The summed E-state index contributed by atoms with van der Waals surface area (Å²) in [5.74, 6) is -0.584. The van der Waals surface area contributed by atoms with Crippen LogP contribution >= 0.6 is 0 Å². The molecular formula is C23H23N3O3. The zero-order chi connectivity index (χ0) is 20.4. The Morgan fingerprint density at radius 1 is 1.03 bits per heavy atom. The van der Waals surface area contributed by atoms with Crippen molar-refractivity contribution in [3.8, 4) is 0 Å². The molecule has 3 amide bonds. The van der Waals surface area contributed by atoms with Crippen molar-refractivity contribution in [2.24, 2.45) is 0 Å². The van der Waals surface area contributed by atoms with E-state index in [9.17, 15) is 14.4 Å². The van der Waals surface area contributed by atoms with Crippen LogP contribution in [0.15, 0.2) is 48.5 Å². The van der Waals surface area contributed by atoms with Crippen molar-refractivity contribution in [3.63, 3.8) is 0 Å². The molecule has 6 nitrogen and oxygen atoms in total. The number of carbonyl (C=O) groups is 3. The molecule has 1 N–H and O–H groups in total. The summed E-state index contributed by atoms with van der Waals surface area (Å²) in [4.78, 5) is 36.4. The van der Waals surface area contributed by atoms with Gasteiger partial charge in [0.1, 0.15) is 0 Å². The SMILES string of the molecule is CCn1c2ccccc2c2cc(/C=C/C(=O)NCCN3C(=O)CCC3=O)ccc21. The largest absolute Gasteiger partial charge is 0.351 e. The van der Waals surface area contributed by atoms with Crippen molar-refractivity contribution in [2.45, 2.75) is 26.3 Å². The second-order valence-corrected chi connectivity index (χ2v) is 7.10. The summed E-state index contributed by atoms with van der Waals surface area (Å²) in [6, 6.07) is 14.5. The number of para-hydroxylation sites is 1. The highest BCUT2D eigenvalue weighted by Gasteiger charge is 2.28. The first kappa shape index (κ1) is 18.9. The average Bonchev–Trinajstić information content (AvgIpc) is 3.23. The normalized spacial score (nSPS) is 14.6. The Hall–Kier alpha value is -3.41. The average molecular weight is 389 g/mol. The third kappa shape index (κ3) is 3.66. The van der Waals surface area contributed by atoms with Crippen LogP contribution in [0, 0.1) is 0 Å². The van der Waals surface area contributed by atoms with Gasteiger partial charge in [-0.25, -0.2) is 0 Å². The first-order valence-corrected chi connectivity index (χ1v) is 9.88. The topological polar surface area (TPSA) is 71.4 Å². The molecule has 0 spiro atoms. The van der Waals surface area contributed by atoms with Crippen LogP contribution < -0.4 is 5.32 Å². The van der Waals surface area contributed by atoms with Crippen LogP contribution in [0.2, 0.25) is 0 Å². The third-order valence-corrected chi connectivity index (χ3v) is 5.33. The minimum Gasteiger partial charge on any atom is -0.351 e. The number of likely N-dealkylation sites (tertiary alicyclic amines) is 1. The fourth-order valence-electron chi connectivity index (χ4n) is 3.91. The number of amides is 3. The van der Waals surface area contributed by atoms with Gasteiger partial charge in [0.25, 0.3) is 0 Å². The van der Waals surface area contributed by atoms with Crippen molar-refractivity contribution in [2.75, 3.05) is 13.1 Å². The van der Waals surface area contributed by atoms with Crippen LogP contribution in [-0.2, 0) is 20.9 Å². The molecule has 148 valence electrons. The molecule has 1 saturated heterocycles. The Kier molecular flexibility index (Phi) is 5.16. The summed E-state index contributed by atoms with van der Waals surface area (Å²) in [5.41, 5.74) is 3.32. The molecule has 2 heterocycles. The molecule has 1 aromatic heterocycles. The van der Waals surface area contributed by atoms with Crippen LogP contribution in [0.4, 0.5) is 0 Å². The number of carbonyl (C=O) groups excluding carboxylic acids is 3. The van der Waals surface area contributed by atoms with E-state index in [1.807, 2.05) is 18.2 Å². The molecule has 1 fully saturated rings. The van der Waals surface area contributed by atoms with E-state index in [0.29, 0.717) is 0 Å². The van der Waals surface area contributed by atoms with Gasteiger partial charge in [0, 0.05) is 60.4 Å². The van der Waals surface area contributed by atoms with Crippen molar-refractivity contribution in [3.05, 3.63) is 54.1 Å². The number of rotatable bonds is 6. The maximum atomic E-state index is 12.1. The van der Waals surface area contributed by atoms with E-state index >= 15 is 0 Å². The molecule has 6 heteroatoms. The number of nitrogens with zero attached hydrogens (tertiary/aromatic N) is 2. The van der Waals surface area contributed by atoms with E-state index in [4.69, 9.17) is 0 Å². The number of aromatic nitrogens is 1. The van der Waals surface area contributed by atoms with Gasteiger partial charge in [-0.15, -0.1) is 0 Å². The summed E-state index contributed by atoms with van der Waals surface area (Å²) in [5, 5.41) is 5.09. The van der Waals surface area contributed by atoms with Gasteiger partial charge in [-0.05, 0) is 36.8 Å². The van der Waals surface area contributed by atoms with Crippen molar-refractivity contribution in [1.29, 1.82) is 0 Å². The first-order chi connectivity index (χ1) is 14.1. The monoisotopic (exact) mass is 389 g/mol. The number of imide groups is 1. The van der Waals surface area contributed by atoms with E-state index in [1.54, 1.807) is 6.08 Å². The predicted octanol–water partition coefficient (Wildman–Crippen LogP) is 3.09. The highest BCUT2D eigenvalue weighted by Crippen LogP contribution is 2.29. The van der Waals surface area contributed by atoms with Gasteiger partial charge < -0.3 is 9.88 Å². The lowest BCUT2D eigenvalue weighted by Crippen LogP contribution is -2.37. The third-order valence-electron chi connectivity index (χ3n) is 5.33. The Balaban J connectivity index is 1.45. The molecule has 0 unspecified atom stereocenters. The standard InChI is InChI=1S/C23H23N3O3/c1-2-25-19-6-4-3-5-17(19)18-15-16(7-9-20(18)25)8-10-21(27)24-13-14-26-22(28)11-12-23(26)29/h3-10,15H,2,11-14H2,1H3,(H,24,27)/b10-8+. The second-order valence-electron chi connectivity index (χ2n) is 7.10. The highest BCUT2D eigenvalue weighted by atomic mass is 16.2. The maximum absolute atomic E-state index is 12.1. The van der Waals surface area contributed by atoms with Crippen molar-refractivity contribution < 1.29 is 14.4 Å². The smallest absolute Gasteiger partial charge is 0.244 e. The van der Waals surface area contributed by atoms with Gasteiger partial charge in [-0.3, -0.25) is 19.3 Å². The molecule has 0 aliphatic carbocycles. The van der Waals surface area contributed by atoms with Crippen LogP contribution in [0.5, 0.6) is 0 Å². The number of aryl methyl sites for hydroxylation is 1. The molecule has 2 aromatic carbocycles. The summed E-state index contributed by atoms with van der Waals surface area (Å²) in [6.45, 7) is 3.50. The quantitative estimate of drug-likeness (QED) is 0.520. The van der Waals surface area contributed by atoms with Gasteiger partial charge in [0.2, 0.25) is 17.7 Å². The van der Waals surface area contributed by atoms with E-state index in [2.05, 4.69) is 41.1 Å². The molecule has 1 aliphatic rings. The van der Waals surface area contributed by atoms with Crippen LogP contribution in [0.1, 0.15) is 25.3 Å². The lowest BCUT2D eigenvalue weighted by molar-refractivity contribution is -0.138. The van der Waals surface area contributed by atoms with Crippen molar-refractivity contribution >= 4 is 45.6 Å². The number of hydrogen-bond donors (Lipinski definition) is 1. The number of fused-ring (bicyclic) bond motifs is 3. The molecule has 0 radical (unpaired) electrons. The van der Waals surface area contributed by atoms with Crippen molar-refractivity contribution in [1.82, 2.24) is 14.8 Å². The van der Waals surface area contributed by atoms with Crippen LogP contribution in [0.25, 0.3) is 27.9 Å². The molecule has 0 atom stereocenters. The van der Waals surface area contributed by atoms with E-state index in [1.165, 1.54) is 27.4 Å². The first-order valence-electron chi connectivity index (χ1n) is 9.88. The lowest BCUT2D eigenvalue weighted by Gasteiger charge is -2.13. The zero-order valence-electron chi connectivity index (χ0n) is 16.4. The Morgan fingerprint density at radius 2 is 1.76 bits per heavy atom. The van der Waals surface area contributed by atoms with Gasteiger partial charge in [0.05, 0.1) is 0 Å². The second kappa shape index (κ2) is 7.91. The van der Waals surface area contributed by atoms with Gasteiger partial charge in [0.15, 0.2) is 0 Å². The van der Waals surface area contributed by atoms with E-state index in [0.717, 1.165) is 17.5 Å². The fraction of sp³-hybridized carbons (Fsp3) is 0.261. The molecular weight excluding hydrogens is 366 g/mol. The molecule has 4 rings (SSSR count). The summed E-state index contributed by atoms with van der Waals surface area (Å²) in [6.07, 6.45) is 3.79. The summed E-state index contributed by atoms with van der Waals surface area (Å²) >= 11 is 0. The minimum atomic E-state index is -0.250. The fourth-order valence-corrected chi connectivity index (χ4v) is 3.91. The number of nitrogens with one attached hydrogen (secondary N) is 1. The van der Waals surface area contributed by atoms with Gasteiger partial charge in [-0.1, -0.05) is 24.3 Å². The molecule has 1 aliphatic heterocycles. The highest BCUT2D eigenvalue weighted by molar-refractivity contribution is 6.08. The summed E-state index contributed by atoms with van der Waals surface area (Å²) in [7, 11) is 0.